The molecular weight excluding hydrogens is 605 g/mol. The SMILES string of the molecule is Cc1ccc(N(c2ccc(C)cc2)c2ccc(-n3c(-c4ccccc4)c(-c4ccccc4)c(-c4ccccc4)c3-c3ccccc3)cc2)cc1. The van der Waals surface area contributed by atoms with Crippen LogP contribution in [0.5, 0.6) is 0 Å². The fourth-order valence-corrected chi connectivity index (χ4v) is 6.93. The Hall–Kier alpha value is -6.38. The number of aromatic nitrogens is 1. The highest BCUT2D eigenvalue weighted by molar-refractivity contribution is 6.03. The molecule has 1 aromatic heterocycles. The average Bonchev–Trinajstić information content (AvgIpc) is 3.54. The molecule has 8 aromatic rings. The van der Waals surface area contributed by atoms with Crippen LogP contribution in [0.1, 0.15) is 11.1 Å². The van der Waals surface area contributed by atoms with E-state index in [1.807, 2.05) is 0 Å². The van der Waals surface area contributed by atoms with E-state index in [9.17, 15) is 0 Å². The summed E-state index contributed by atoms with van der Waals surface area (Å²) in [4.78, 5) is 2.33. The van der Waals surface area contributed by atoms with Crippen LogP contribution < -0.4 is 4.90 Å². The average molecular weight is 643 g/mol. The van der Waals surface area contributed by atoms with Crippen LogP contribution in [0.4, 0.5) is 17.1 Å². The topological polar surface area (TPSA) is 8.17 Å². The molecule has 1 heterocycles. The zero-order chi connectivity index (χ0) is 33.9. The number of hydrogen-bond acceptors (Lipinski definition) is 1. The third kappa shape index (κ3) is 5.93. The van der Waals surface area contributed by atoms with E-state index in [4.69, 9.17) is 0 Å². The van der Waals surface area contributed by atoms with E-state index in [0.717, 1.165) is 45.3 Å². The first kappa shape index (κ1) is 30.9. The molecule has 0 radical (unpaired) electrons. The van der Waals surface area contributed by atoms with Crippen molar-refractivity contribution in [2.24, 2.45) is 0 Å². The minimum atomic E-state index is 1.10. The van der Waals surface area contributed by atoms with E-state index in [-0.39, 0.29) is 0 Å². The van der Waals surface area contributed by atoms with Crippen molar-refractivity contribution in [1.82, 2.24) is 4.57 Å². The van der Waals surface area contributed by atoms with Gasteiger partial charge in [0, 0.05) is 33.9 Å². The molecule has 0 saturated carbocycles. The lowest BCUT2D eigenvalue weighted by Gasteiger charge is -2.26. The van der Waals surface area contributed by atoms with Crippen molar-refractivity contribution in [2.45, 2.75) is 13.8 Å². The number of aryl methyl sites for hydroxylation is 2. The number of nitrogens with zero attached hydrogens (tertiary/aromatic N) is 2. The van der Waals surface area contributed by atoms with Crippen LogP contribution in [0.2, 0.25) is 0 Å². The largest absolute Gasteiger partial charge is 0.311 e. The Morgan fingerprint density at radius 1 is 0.320 bits per heavy atom. The second-order valence-electron chi connectivity index (χ2n) is 12.8. The van der Waals surface area contributed by atoms with Crippen molar-refractivity contribution in [3.8, 4) is 50.5 Å². The lowest BCUT2D eigenvalue weighted by molar-refractivity contribution is 1.09. The van der Waals surface area contributed by atoms with Crippen LogP contribution in [-0.4, -0.2) is 4.57 Å². The third-order valence-corrected chi connectivity index (χ3v) is 9.34. The highest BCUT2D eigenvalue weighted by atomic mass is 15.1. The Bertz CT molecular complexity index is 2180. The van der Waals surface area contributed by atoms with Crippen molar-refractivity contribution in [3.63, 3.8) is 0 Å². The summed E-state index contributed by atoms with van der Waals surface area (Å²) in [6.07, 6.45) is 0. The van der Waals surface area contributed by atoms with Gasteiger partial charge in [-0.3, -0.25) is 0 Å². The van der Waals surface area contributed by atoms with Crippen LogP contribution in [0.15, 0.2) is 194 Å². The Morgan fingerprint density at radius 2 is 0.620 bits per heavy atom. The van der Waals surface area contributed by atoms with Gasteiger partial charge < -0.3 is 9.47 Å². The van der Waals surface area contributed by atoms with E-state index in [1.165, 1.54) is 33.4 Å². The van der Waals surface area contributed by atoms with Crippen molar-refractivity contribution in [3.05, 3.63) is 205 Å². The summed E-state index contributed by atoms with van der Waals surface area (Å²) in [5.74, 6) is 0. The minimum Gasteiger partial charge on any atom is -0.311 e. The molecule has 0 aliphatic heterocycles. The maximum Gasteiger partial charge on any atom is 0.0619 e. The quantitative estimate of drug-likeness (QED) is 0.160. The molecule has 50 heavy (non-hydrogen) atoms. The fourth-order valence-electron chi connectivity index (χ4n) is 6.93. The predicted octanol–water partition coefficient (Wildman–Crippen LogP) is 13.2. The summed E-state index contributed by atoms with van der Waals surface area (Å²) in [5.41, 5.74) is 16.4. The summed E-state index contributed by atoms with van der Waals surface area (Å²) in [7, 11) is 0. The standard InChI is InChI=1S/C48H38N2/c1-35-23-27-41(28-24-35)49(42-29-25-36(2)26-30-42)43-31-33-44(34-32-43)50-47(39-19-11-5-12-20-39)45(37-15-7-3-8-16-37)46(38-17-9-4-10-18-38)48(50)40-21-13-6-14-22-40/h3-34H,1-2H3. The molecule has 0 spiro atoms. The molecule has 8 rings (SSSR count). The van der Waals surface area contributed by atoms with Gasteiger partial charge in [0.05, 0.1) is 11.4 Å². The van der Waals surface area contributed by atoms with E-state index < -0.39 is 0 Å². The summed E-state index contributed by atoms with van der Waals surface area (Å²) in [6.45, 7) is 4.27. The Balaban J connectivity index is 1.42. The second kappa shape index (κ2) is 13.6. The monoisotopic (exact) mass is 642 g/mol. The molecule has 0 fully saturated rings. The van der Waals surface area contributed by atoms with Gasteiger partial charge in [-0.15, -0.1) is 0 Å². The smallest absolute Gasteiger partial charge is 0.0619 e. The molecular formula is C48H38N2. The van der Waals surface area contributed by atoms with Crippen LogP contribution in [0, 0.1) is 13.8 Å². The summed E-state index contributed by atoms with van der Waals surface area (Å²) >= 11 is 0. The van der Waals surface area contributed by atoms with Gasteiger partial charge in [-0.1, -0.05) is 157 Å². The van der Waals surface area contributed by atoms with Crippen LogP contribution in [0.3, 0.4) is 0 Å². The van der Waals surface area contributed by atoms with Gasteiger partial charge in [-0.25, -0.2) is 0 Å². The Labute approximate surface area is 295 Å². The molecule has 0 amide bonds. The lowest BCUT2D eigenvalue weighted by Crippen LogP contribution is -2.10. The third-order valence-electron chi connectivity index (χ3n) is 9.34. The van der Waals surface area contributed by atoms with Gasteiger partial charge >= 0.3 is 0 Å². The van der Waals surface area contributed by atoms with E-state index in [2.05, 4.69) is 217 Å². The van der Waals surface area contributed by atoms with Crippen molar-refractivity contribution < 1.29 is 0 Å². The Morgan fingerprint density at radius 3 is 0.960 bits per heavy atom. The number of rotatable bonds is 8. The normalized spacial score (nSPS) is 11.0. The minimum absolute atomic E-state index is 1.10. The first-order valence-electron chi connectivity index (χ1n) is 17.2. The van der Waals surface area contributed by atoms with Crippen LogP contribution in [0.25, 0.3) is 50.5 Å². The van der Waals surface area contributed by atoms with E-state index in [0.29, 0.717) is 0 Å². The maximum absolute atomic E-state index is 2.47. The molecule has 0 bridgehead atoms. The predicted molar refractivity (Wildman–Crippen MR) is 212 cm³/mol. The highest BCUT2D eigenvalue weighted by Gasteiger charge is 2.28. The van der Waals surface area contributed by atoms with Crippen molar-refractivity contribution in [2.75, 3.05) is 4.90 Å². The molecule has 2 nitrogen and oxygen atoms in total. The Kier molecular flexibility index (Phi) is 8.42. The van der Waals surface area contributed by atoms with Gasteiger partial charge in [-0.05, 0) is 84.6 Å². The molecule has 0 atom stereocenters. The van der Waals surface area contributed by atoms with Gasteiger partial charge in [0.15, 0.2) is 0 Å². The molecule has 2 heteroatoms. The molecule has 0 unspecified atom stereocenters. The van der Waals surface area contributed by atoms with Gasteiger partial charge in [0.1, 0.15) is 0 Å². The van der Waals surface area contributed by atoms with Gasteiger partial charge in [-0.2, -0.15) is 0 Å². The van der Waals surface area contributed by atoms with Crippen LogP contribution in [-0.2, 0) is 0 Å². The first-order chi connectivity index (χ1) is 24.7. The number of benzene rings is 7. The van der Waals surface area contributed by atoms with Crippen molar-refractivity contribution in [1.29, 1.82) is 0 Å². The zero-order valence-electron chi connectivity index (χ0n) is 28.4. The fraction of sp³-hybridized carbons (Fsp3) is 0.0417. The molecule has 0 aliphatic rings. The van der Waals surface area contributed by atoms with Crippen molar-refractivity contribution >= 4 is 17.1 Å². The molecule has 0 N–H and O–H groups in total. The maximum atomic E-state index is 2.47. The molecule has 7 aromatic carbocycles. The zero-order valence-corrected chi connectivity index (χ0v) is 28.4. The first-order valence-corrected chi connectivity index (χ1v) is 17.2. The summed E-state index contributed by atoms with van der Waals surface area (Å²) in [6, 6.07) is 69.9. The summed E-state index contributed by atoms with van der Waals surface area (Å²) in [5, 5.41) is 0. The van der Waals surface area contributed by atoms with E-state index >= 15 is 0 Å². The van der Waals surface area contributed by atoms with Gasteiger partial charge in [0.25, 0.3) is 0 Å². The molecule has 0 saturated heterocycles. The van der Waals surface area contributed by atoms with Crippen LogP contribution >= 0.6 is 0 Å². The number of anilines is 3. The van der Waals surface area contributed by atoms with E-state index in [1.54, 1.807) is 0 Å². The lowest BCUT2D eigenvalue weighted by atomic mass is 9.91. The summed E-state index contributed by atoms with van der Waals surface area (Å²) < 4.78 is 2.47. The molecule has 0 aliphatic carbocycles. The molecule has 240 valence electrons. The van der Waals surface area contributed by atoms with Gasteiger partial charge in [0.2, 0.25) is 0 Å². The number of hydrogen-bond donors (Lipinski definition) is 0. The second-order valence-corrected chi connectivity index (χ2v) is 12.8. The highest BCUT2D eigenvalue weighted by Crippen LogP contribution is 2.50.